The van der Waals surface area contributed by atoms with E-state index in [9.17, 15) is 4.79 Å². The van der Waals surface area contributed by atoms with Crippen molar-refractivity contribution >= 4 is 29.2 Å². The molecule has 0 spiro atoms. The summed E-state index contributed by atoms with van der Waals surface area (Å²) in [5.41, 5.74) is 0.310. The van der Waals surface area contributed by atoms with Gasteiger partial charge in [-0.15, -0.1) is 0 Å². The predicted octanol–water partition coefficient (Wildman–Crippen LogP) is 3.20. The molecule has 1 aromatic rings. The summed E-state index contributed by atoms with van der Waals surface area (Å²) < 4.78 is 5.00. The van der Waals surface area contributed by atoms with E-state index >= 15 is 0 Å². The molecule has 0 amide bonds. The predicted molar refractivity (Wildman–Crippen MR) is 59.4 cm³/mol. The number of ether oxygens (including phenoxy) is 1. The van der Waals surface area contributed by atoms with Crippen molar-refractivity contribution in [1.29, 1.82) is 0 Å². The minimum absolute atomic E-state index is 0.178. The van der Waals surface area contributed by atoms with Crippen LogP contribution in [0.4, 0.5) is 0 Å². The van der Waals surface area contributed by atoms with Gasteiger partial charge >= 0.3 is 5.97 Å². The first-order valence-corrected chi connectivity index (χ1v) is 5.24. The highest BCUT2D eigenvalue weighted by molar-refractivity contribution is 6.41. The third-order valence-electron chi connectivity index (χ3n) is 1.58. The van der Waals surface area contributed by atoms with Crippen molar-refractivity contribution in [3.8, 4) is 0 Å². The van der Waals surface area contributed by atoms with E-state index in [1.807, 2.05) is 13.8 Å². The number of carbonyl (C=O) groups excluding carboxylic acids is 1. The topological polar surface area (TPSA) is 39.2 Å². The van der Waals surface area contributed by atoms with Gasteiger partial charge in [-0.05, 0) is 12.0 Å². The van der Waals surface area contributed by atoms with Crippen LogP contribution in [0.2, 0.25) is 10.2 Å². The van der Waals surface area contributed by atoms with Crippen LogP contribution in [0.5, 0.6) is 0 Å². The van der Waals surface area contributed by atoms with Gasteiger partial charge in [0.25, 0.3) is 0 Å². The van der Waals surface area contributed by atoms with Crippen LogP contribution in [0.3, 0.4) is 0 Å². The van der Waals surface area contributed by atoms with Crippen LogP contribution < -0.4 is 0 Å². The summed E-state index contributed by atoms with van der Waals surface area (Å²) in [6.45, 7) is 4.29. The molecule has 0 aliphatic carbocycles. The van der Waals surface area contributed by atoms with E-state index < -0.39 is 5.97 Å². The molecular weight excluding hydrogens is 237 g/mol. The Balaban J connectivity index is 2.70. The molecule has 82 valence electrons. The maximum absolute atomic E-state index is 11.4. The summed E-state index contributed by atoms with van der Waals surface area (Å²) >= 11 is 11.3. The monoisotopic (exact) mass is 247 g/mol. The highest BCUT2D eigenvalue weighted by Crippen LogP contribution is 2.20. The van der Waals surface area contributed by atoms with Crippen LogP contribution in [-0.2, 0) is 4.74 Å². The molecule has 0 atom stereocenters. The lowest BCUT2D eigenvalue weighted by Crippen LogP contribution is -2.10. The van der Waals surface area contributed by atoms with Crippen molar-refractivity contribution in [2.24, 2.45) is 5.92 Å². The number of rotatable bonds is 3. The second-order valence-electron chi connectivity index (χ2n) is 3.49. The zero-order valence-electron chi connectivity index (χ0n) is 8.46. The first-order valence-electron chi connectivity index (χ1n) is 4.49. The van der Waals surface area contributed by atoms with Crippen molar-refractivity contribution < 1.29 is 9.53 Å². The lowest BCUT2D eigenvalue weighted by atomic mass is 10.2. The lowest BCUT2D eigenvalue weighted by Gasteiger charge is -2.07. The number of hydrogen-bond acceptors (Lipinski definition) is 3. The molecule has 0 bridgehead atoms. The Bertz CT molecular complexity index is 366. The number of esters is 1. The fraction of sp³-hybridized carbons (Fsp3) is 0.400. The highest BCUT2D eigenvalue weighted by atomic mass is 35.5. The summed E-state index contributed by atoms with van der Waals surface area (Å²) in [6, 6.07) is 1.44. The Morgan fingerprint density at radius 2 is 2.20 bits per heavy atom. The van der Waals surface area contributed by atoms with Crippen LogP contribution in [0, 0.1) is 5.92 Å². The number of pyridine rings is 1. The molecule has 0 aliphatic heterocycles. The summed E-state index contributed by atoms with van der Waals surface area (Å²) in [7, 11) is 0. The fourth-order valence-electron chi connectivity index (χ4n) is 0.859. The maximum atomic E-state index is 11.4. The smallest absolute Gasteiger partial charge is 0.339 e. The molecule has 1 rings (SSSR count). The van der Waals surface area contributed by atoms with Crippen molar-refractivity contribution in [1.82, 2.24) is 4.98 Å². The molecule has 1 heterocycles. The minimum atomic E-state index is -0.435. The molecule has 0 fully saturated rings. The van der Waals surface area contributed by atoms with Crippen LogP contribution in [0.1, 0.15) is 24.2 Å². The van der Waals surface area contributed by atoms with Crippen LogP contribution in [-0.4, -0.2) is 17.6 Å². The minimum Gasteiger partial charge on any atom is -0.462 e. The average Bonchev–Trinajstić information content (AvgIpc) is 2.18. The van der Waals surface area contributed by atoms with Crippen molar-refractivity contribution in [2.45, 2.75) is 13.8 Å². The van der Waals surface area contributed by atoms with E-state index in [2.05, 4.69) is 4.98 Å². The van der Waals surface area contributed by atoms with Gasteiger partial charge in [0.1, 0.15) is 5.15 Å². The summed E-state index contributed by atoms with van der Waals surface area (Å²) in [5.74, 6) is -0.139. The molecular formula is C10H11Cl2NO2. The van der Waals surface area contributed by atoms with E-state index in [1.165, 1.54) is 12.3 Å². The number of aromatic nitrogens is 1. The summed E-state index contributed by atoms with van der Waals surface area (Å²) in [4.78, 5) is 15.2. The first kappa shape index (κ1) is 12.3. The zero-order valence-corrected chi connectivity index (χ0v) is 9.97. The second-order valence-corrected chi connectivity index (χ2v) is 4.25. The van der Waals surface area contributed by atoms with Gasteiger partial charge in [-0.25, -0.2) is 9.78 Å². The number of hydrogen-bond donors (Lipinski definition) is 0. The van der Waals surface area contributed by atoms with Gasteiger partial charge in [0.2, 0.25) is 0 Å². The fourth-order valence-corrected chi connectivity index (χ4v) is 1.13. The molecule has 0 saturated heterocycles. The van der Waals surface area contributed by atoms with E-state index in [0.29, 0.717) is 18.1 Å². The number of carbonyl (C=O) groups is 1. The van der Waals surface area contributed by atoms with Gasteiger partial charge < -0.3 is 4.74 Å². The number of nitrogens with zero attached hydrogens (tertiary/aromatic N) is 1. The van der Waals surface area contributed by atoms with Gasteiger partial charge in [0, 0.05) is 6.20 Å². The Kier molecular flexibility index (Phi) is 4.36. The van der Waals surface area contributed by atoms with Crippen molar-refractivity contribution in [3.05, 3.63) is 28.0 Å². The average molecular weight is 248 g/mol. The molecule has 15 heavy (non-hydrogen) atoms. The third kappa shape index (κ3) is 3.68. The molecule has 0 radical (unpaired) electrons. The maximum Gasteiger partial charge on any atom is 0.339 e. The molecule has 5 heteroatoms. The molecule has 0 aliphatic rings. The molecule has 0 N–H and O–H groups in total. The van der Waals surface area contributed by atoms with Crippen LogP contribution in [0.25, 0.3) is 0 Å². The molecule has 1 aromatic heterocycles. The van der Waals surface area contributed by atoms with Gasteiger partial charge in [0.05, 0.1) is 17.2 Å². The normalized spacial score (nSPS) is 10.5. The quantitative estimate of drug-likeness (QED) is 0.609. The molecule has 3 nitrogen and oxygen atoms in total. The van der Waals surface area contributed by atoms with Crippen molar-refractivity contribution in [2.75, 3.05) is 6.61 Å². The molecule has 0 aromatic carbocycles. The Hall–Kier alpha value is -0.800. The van der Waals surface area contributed by atoms with E-state index in [0.717, 1.165) is 0 Å². The summed E-state index contributed by atoms with van der Waals surface area (Å²) in [6.07, 6.45) is 1.34. The SMILES string of the molecule is CC(C)COC(=O)c1cnc(Cl)c(Cl)c1. The lowest BCUT2D eigenvalue weighted by molar-refractivity contribution is 0.0458. The first-order chi connectivity index (χ1) is 7.00. The van der Waals surface area contributed by atoms with Gasteiger partial charge in [-0.3, -0.25) is 0 Å². The van der Waals surface area contributed by atoms with Gasteiger partial charge in [-0.1, -0.05) is 37.0 Å². The standard InChI is InChI=1S/C10H11Cl2NO2/c1-6(2)5-15-10(14)7-3-8(11)9(12)13-4-7/h3-4,6H,5H2,1-2H3. The largest absolute Gasteiger partial charge is 0.462 e. The van der Waals surface area contributed by atoms with E-state index in [-0.39, 0.29) is 10.2 Å². The van der Waals surface area contributed by atoms with Crippen LogP contribution >= 0.6 is 23.2 Å². The molecule has 0 saturated carbocycles. The van der Waals surface area contributed by atoms with Crippen LogP contribution in [0.15, 0.2) is 12.3 Å². The Morgan fingerprint density at radius 1 is 1.53 bits per heavy atom. The Labute approximate surface area is 98.4 Å². The van der Waals surface area contributed by atoms with Gasteiger partial charge in [-0.2, -0.15) is 0 Å². The van der Waals surface area contributed by atoms with Gasteiger partial charge in [0.15, 0.2) is 0 Å². The second kappa shape index (κ2) is 5.33. The number of halogens is 2. The summed E-state index contributed by atoms with van der Waals surface area (Å²) in [5, 5.41) is 0.424. The third-order valence-corrected chi connectivity index (χ3v) is 2.27. The Morgan fingerprint density at radius 3 is 2.73 bits per heavy atom. The van der Waals surface area contributed by atoms with E-state index in [4.69, 9.17) is 27.9 Å². The van der Waals surface area contributed by atoms with Crippen molar-refractivity contribution in [3.63, 3.8) is 0 Å². The zero-order chi connectivity index (χ0) is 11.4. The molecule has 0 unspecified atom stereocenters. The highest BCUT2D eigenvalue weighted by Gasteiger charge is 2.10. The van der Waals surface area contributed by atoms with E-state index in [1.54, 1.807) is 0 Å².